The van der Waals surface area contributed by atoms with E-state index in [0.717, 1.165) is 31.2 Å². The fourth-order valence-corrected chi connectivity index (χ4v) is 9.41. The second-order valence-corrected chi connectivity index (χ2v) is 10.0. The lowest BCUT2D eigenvalue weighted by atomic mass is 9.90. The summed E-state index contributed by atoms with van der Waals surface area (Å²) in [4.78, 5) is 0. The molecular weight excluding hydrogens is 248 g/mol. The average Bonchev–Trinajstić information content (AvgIpc) is 2.56. The van der Waals surface area contributed by atoms with Gasteiger partial charge in [-0.2, -0.15) is 0 Å². The van der Waals surface area contributed by atoms with Crippen LogP contribution in [-0.2, 0) is 0 Å². The molecule has 0 unspecified atom stereocenters. The summed E-state index contributed by atoms with van der Waals surface area (Å²) in [6, 6.07) is 2.43. The van der Waals surface area contributed by atoms with E-state index in [1.165, 1.54) is 25.7 Å². The van der Waals surface area contributed by atoms with Crippen molar-refractivity contribution in [2.75, 3.05) is 13.1 Å². The van der Waals surface area contributed by atoms with E-state index in [1.807, 2.05) is 6.08 Å². The Labute approximate surface area is 111 Å². The van der Waals surface area contributed by atoms with E-state index in [0.29, 0.717) is 0 Å². The zero-order chi connectivity index (χ0) is 12.5. The second kappa shape index (κ2) is 5.43. The molecule has 2 fully saturated rings. The van der Waals surface area contributed by atoms with Crippen LogP contribution in [0.2, 0.25) is 6.04 Å². The second-order valence-electron chi connectivity index (χ2n) is 5.20. The minimum atomic E-state index is -1.95. The van der Waals surface area contributed by atoms with Gasteiger partial charge in [0, 0.05) is 18.1 Å². The molecule has 0 spiro atoms. The molecule has 2 rings (SSSR count). The molecule has 2 atom stereocenters. The summed E-state index contributed by atoms with van der Waals surface area (Å²) in [5.74, 6) is 0. The molecule has 0 radical (unpaired) electrons. The van der Waals surface area contributed by atoms with Crippen LogP contribution in [0.5, 0.6) is 0 Å². The van der Waals surface area contributed by atoms with Crippen molar-refractivity contribution in [1.29, 1.82) is 0 Å². The van der Waals surface area contributed by atoms with Gasteiger partial charge in [-0.3, -0.25) is 9.13 Å². The van der Waals surface area contributed by atoms with E-state index in [9.17, 15) is 0 Å². The minimum absolute atomic E-state index is 0.720. The first kappa shape index (κ1) is 13.6. The number of allylic oxidation sites excluding steroid dienone is 1. The van der Waals surface area contributed by atoms with Gasteiger partial charge in [-0.15, -0.1) is 17.7 Å². The zero-order valence-electron chi connectivity index (χ0n) is 11.2. The Morgan fingerprint density at radius 3 is 2.00 bits per heavy atom. The van der Waals surface area contributed by atoms with E-state index in [1.54, 1.807) is 0 Å². The van der Waals surface area contributed by atoms with Gasteiger partial charge in [0.05, 0.1) is 0 Å². The van der Waals surface area contributed by atoms with Crippen molar-refractivity contribution in [1.82, 2.24) is 9.13 Å². The monoisotopic (exact) mass is 272 g/mol. The Morgan fingerprint density at radius 2 is 1.65 bits per heavy atom. The van der Waals surface area contributed by atoms with Gasteiger partial charge in [0.25, 0.3) is 0 Å². The first-order chi connectivity index (χ1) is 8.19. The van der Waals surface area contributed by atoms with Crippen LogP contribution in [0.4, 0.5) is 0 Å². The molecule has 1 aliphatic heterocycles. The fourth-order valence-electron chi connectivity index (χ4n) is 3.86. The summed E-state index contributed by atoms with van der Waals surface area (Å²) < 4.78 is 5.28. The predicted octanol–water partition coefficient (Wildman–Crippen LogP) is 3.32. The van der Waals surface area contributed by atoms with Crippen LogP contribution < -0.4 is 0 Å². The highest BCUT2D eigenvalue weighted by atomic mass is 35.6. The number of hydrogen-bond acceptors (Lipinski definition) is 2. The third-order valence-corrected chi connectivity index (χ3v) is 10.1. The lowest BCUT2D eigenvalue weighted by Crippen LogP contribution is -2.55. The normalized spacial score (nSPS) is 33.6. The number of hydrogen-bond donors (Lipinski definition) is 0. The number of fused-ring (bicyclic) bond motifs is 1. The zero-order valence-corrected chi connectivity index (χ0v) is 12.9. The van der Waals surface area contributed by atoms with Gasteiger partial charge in [0.2, 0.25) is 0 Å². The highest BCUT2D eigenvalue weighted by molar-refractivity contribution is 7.17. The first-order valence-corrected chi connectivity index (χ1v) is 10.1. The van der Waals surface area contributed by atoms with Crippen LogP contribution in [0.25, 0.3) is 0 Å². The van der Waals surface area contributed by atoms with Crippen molar-refractivity contribution in [3.8, 4) is 0 Å². The molecule has 0 aromatic rings. The standard InChI is InChI=1S/C13H25ClN2Si/c1-4-11-17(14)15(5-2)12-9-7-8-10-13(12)16(17)6-3/h4,12-13H,1,5-11H2,2-3H3/t12-,13-/m0/s1. The van der Waals surface area contributed by atoms with Crippen molar-refractivity contribution in [3.05, 3.63) is 12.7 Å². The van der Waals surface area contributed by atoms with Crippen molar-refractivity contribution >= 4 is 18.8 Å². The first-order valence-electron chi connectivity index (χ1n) is 7.02. The van der Waals surface area contributed by atoms with Gasteiger partial charge < -0.3 is 0 Å². The molecule has 1 aliphatic carbocycles. The highest BCUT2D eigenvalue weighted by Crippen LogP contribution is 2.43. The average molecular weight is 273 g/mol. The Morgan fingerprint density at radius 1 is 1.18 bits per heavy atom. The van der Waals surface area contributed by atoms with Crippen molar-refractivity contribution in [2.24, 2.45) is 0 Å². The lowest BCUT2D eigenvalue weighted by molar-refractivity contribution is 0.210. The molecular formula is C13H25ClN2Si. The van der Waals surface area contributed by atoms with Gasteiger partial charge in [-0.25, -0.2) is 0 Å². The maximum Gasteiger partial charge on any atom is 0.311 e. The molecule has 1 heterocycles. The molecule has 0 bridgehead atoms. The fraction of sp³-hybridized carbons (Fsp3) is 0.846. The van der Waals surface area contributed by atoms with Crippen LogP contribution in [0.3, 0.4) is 0 Å². The number of nitrogens with zero attached hydrogens (tertiary/aromatic N) is 2. The quantitative estimate of drug-likeness (QED) is 0.440. The Bertz CT molecular complexity index is 265. The van der Waals surface area contributed by atoms with Crippen LogP contribution in [0.15, 0.2) is 12.7 Å². The van der Waals surface area contributed by atoms with E-state index in [-0.39, 0.29) is 0 Å². The predicted molar refractivity (Wildman–Crippen MR) is 77.4 cm³/mol. The molecule has 17 heavy (non-hydrogen) atoms. The molecule has 0 aromatic heterocycles. The molecule has 0 N–H and O–H groups in total. The summed E-state index contributed by atoms with van der Waals surface area (Å²) in [6.07, 6.45) is 7.47. The van der Waals surface area contributed by atoms with E-state index in [2.05, 4.69) is 29.6 Å². The molecule has 0 amide bonds. The van der Waals surface area contributed by atoms with Crippen LogP contribution in [-0.4, -0.2) is 42.0 Å². The van der Waals surface area contributed by atoms with Crippen LogP contribution >= 0.6 is 11.1 Å². The molecule has 2 nitrogen and oxygen atoms in total. The highest BCUT2D eigenvalue weighted by Gasteiger charge is 2.57. The molecule has 98 valence electrons. The summed E-state index contributed by atoms with van der Waals surface area (Å²) in [5, 5.41) is 0. The summed E-state index contributed by atoms with van der Waals surface area (Å²) >= 11 is 7.10. The van der Waals surface area contributed by atoms with E-state index < -0.39 is 7.71 Å². The Balaban J connectivity index is 2.30. The summed E-state index contributed by atoms with van der Waals surface area (Å²) in [7, 11) is -1.95. The maximum atomic E-state index is 7.10. The van der Waals surface area contributed by atoms with Gasteiger partial charge in [-0.1, -0.05) is 32.8 Å². The van der Waals surface area contributed by atoms with E-state index >= 15 is 0 Å². The topological polar surface area (TPSA) is 6.48 Å². The number of rotatable bonds is 4. The summed E-state index contributed by atoms with van der Waals surface area (Å²) in [5.41, 5.74) is 0. The van der Waals surface area contributed by atoms with Gasteiger partial charge in [-0.05, 0) is 25.9 Å². The molecule has 1 saturated heterocycles. The minimum Gasteiger partial charge on any atom is -0.295 e. The smallest absolute Gasteiger partial charge is 0.295 e. The third-order valence-electron chi connectivity index (χ3n) is 4.46. The third kappa shape index (κ3) is 2.12. The van der Waals surface area contributed by atoms with E-state index in [4.69, 9.17) is 11.1 Å². The molecule has 0 aromatic carbocycles. The Hall–Kier alpha value is 0.167. The molecule has 4 heteroatoms. The van der Waals surface area contributed by atoms with Crippen molar-refractivity contribution in [3.63, 3.8) is 0 Å². The van der Waals surface area contributed by atoms with Crippen molar-refractivity contribution < 1.29 is 0 Å². The number of halogens is 1. The molecule has 1 saturated carbocycles. The maximum absolute atomic E-state index is 7.10. The van der Waals surface area contributed by atoms with Gasteiger partial charge >= 0.3 is 7.71 Å². The Kier molecular flexibility index (Phi) is 4.34. The van der Waals surface area contributed by atoms with Crippen LogP contribution in [0.1, 0.15) is 39.5 Å². The number of likely N-dealkylation sites (N-methyl/N-ethyl adjacent to an activating group) is 2. The lowest BCUT2D eigenvalue weighted by Gasteiger charge is -2.35. The largest absolute Gasteiger partial charge is 0.311 e. The molecule has 2 aliphatic rings. The van der Waals surface area contributed by atoms with Gasteiger partial charge in [0.1, 0.15) is 0 Å². The van der Waals surface area contributed by atoms with Crippen LogP contribution in [0, 0.1) is 0 Å². The summed E-state index contributed by atoms with van der Waals surface area (Å²) in [6.45, 7) is 10.6. The van der Waals surface area contributed by atoms with Gasteiger partial charge in [0.15, 0.2) is 0 Å². The van der Waals surface area contributed by atoms with Crippen molar-refractivity contribution in [2.45, 2.75) is 57.7 Å². The SMILES string of the molecule is C=CC[Si]1(Cl)N(CC)[C@H]2CCCC[C@@H]2N1CC.